The molecule has 0 atom stereocenters. The number of nitrogens with zero attached hydrogens (tertiary/aromatic N) is 1. The first-order valence-corrected chi connectivity index (χ1v) is 6.39. The lowest BCUT2D eigenvalue weighted by atomic mass is 10.2. The van der Waals surface area contributed by atoms with Crippen molar-refractivity contribution in [2.45, 2.75) is 6.42 Å². The topological polar surface area (TPSA) is 22.1 Å². The molecule has 0 fully saturated rings. The van der Waals surface area contributed by atoms with E-state index in [1.807, 2.05) is 30.3 Å². The summed E-state index contributed by atoms with van der Waals surface area (Å²) in [5, 5.41) is 0.628. The Morgan fingerprint density at radius 1 is 1.18 bits per heavy atom. The monoisotopic (exact) mass is 311 g/mol. The highest BCUT2D eigenvalue weighted by molar-refractivity contribution is 9.10. The van der Waals surface area contributed by atoms with Crippen molar-refractivity contribution in [3.8, 4) is 5.75 Å². The van der Waals surface area contributed by atoms with Gasteiger partial charge in [-0.1, -0.05) is 27.5 Å². The van der Waals surface area contributed by atoms with Crippen LogP contribution in [0.25, 0.3) is 0 Å². The Morgan fingerprint density at radius 3 is 2.71 bits per heavy atom. The predicted octanol–water partition coefficient (Wildman–Crippen LogP) is 4.12. The molecule has 2 nitrogen and oxygen atoms in total. The van der Waals surface area contributed by atoms with Crippen LogP contribution in [0.5, 0.6) is 5.75 Å². The zero-order chi connectivity index (χ0) is 12.1. The molecule has 2 rings (SSSR count). The molecule has 0 radical (unpaired) electrons. The van der Waals surface area contributed by atoms with Crippen LogP contribution in [-0.2, 0) is 6.42 Å². The molecule has 1 heterocycles. The summed E-state index contributed by atoms with van der Waals surface area (Å²) in [7, 11) is 0. The van der Waals surface area contributed by atoms with Gasteiger partial charge < -0.3 is 4.74 Å². The van der Waals surface area contributed by atoms with Crippen LogP contribution in [0.15, 0.2) is 47.2 Å². The van der Waals surface area contributed by atoms with E-state index in [2.05, 4.69) is 20.9 Å². The van der Waals surface area contributed by atoms with Crippen molar-refractivity contribution in [1.29, 1.82) is 0 Å². The quantitative estimate of drug-likeness (QED) is 0.847. The average Bonchev–Trinajstić information content (AvgIpc) is 2.35. The second kappa shape index (κ2) is 6.03. The molecule has 17 heavy (non-hydrogen) atoms. The molecule has 0 aliphatic heterocycles. The van der Waals surface area contributed by atoms with Crippen molar-refractivity contribution in [3.63, 3.8) is 0 Å². The fourth-order valence-electron chi connectivity index (χ4n) is 1.42. The van der Waals surface area contributed by atoms with Gasteiger partial charge in [0.05, 0.1) is 11.6 Å². The van der Waals surface area contributed by atoms with E-state index in [4.69, 9.17) is 16.3 Å². The van der Waals surface area contributed by atoms with Crippen LogP contribution in [0.4, 0.5) is 0 Å². The number of aromatic nitrogens is 1. The van der Waals surface area contributed by atoms with Gasteiger partial charge >= 0.3 is 0 Å². The third-order valence-electron chi connectivity index (χ3n) is 2.29. The Hall–Kier alpha value is -1.06. The number of hydrogen-bond donors (Lipinski definition) is 0. The van der Waals surface area contributed by atoms with Gasteiger partial charge in [-0.05, 0) is 35.9 Å². The van der Waals surface area contributed by atoms with Gasteiger partial charge in [0.1, 0.15) is 5.75 Å². The van der Waals surface area contributed by atoms with E-state index >= 15 is 0 Å². The van der Waals surface area contributed by atoms with Crippen molar-refractivity contribution < 1.29 is 4.74 Å². The van der Waals surface area contributed by atoms with Gasteiger partial charge in [0.2, 0.25) is 0 Å². The smallest absolute Gasteiger partial charge is 0.139 e. The first-order valence-electron chi connectivity index (χ1n) is 5.22. The van der Waals surface area contributed by atoms with E-state index in [0.29, 0.717) is 17.4 Å². The van der Waals surface area contributed by atoms with Crippen molar-refractivity contribution in [1.82, 2.24) is 4.98 Å². The zero-order valence-corrected chi connectivity index (χ0v) is 11.4. The maximum Gasteiger partial charge on any atom is 0.139 e. The Labute approximate surface area is 114 Å². The minimum atomic E-state index is 0.597. The Balaban J connectivity index is 1.92. The highest BCUT2D eigenvalue weighted by atomic mass is 79.9. The van der Waals surface area contributed by atoms with Crippen LogP contribution in [0.1, 0.15) is 5.56 Å². The molecule has 0 spiro atoms. The Bertz CT molecular complexity index is 490. The summed E-state index contributed by atoms with van der Waals surface area (Å²) in [6.45, 7) is 0.597. The Morgan fingerprint density at radius 2 is 1.94 bits per heavy atom. The first kappa shape index (κ1) is 12.4. The molecule has 0 amide bonds. The molecule has 2 aromatic rings. The lowest BCUT2D eigenvalue weighted by molar-refractivity contribution is 0.322. The molecule has 88 valence electrons. The van der Waals surface area contributed by atoms with Gasteiger partial charge in [-0.2, -0.15) is 0 Å². The van der Waals surface area contributed by atoms with E-state index in [1.165, 1.54) is 5.56 Å². The van der Waals surface area contributed by atoms with E-state index in [9.17, 15) is 0 Å². The molecule has 0 aliphatic carbocycles. The number of rotatable bonds is 4. The number of hydrogen-bond acceptors (Lipinski definition) is 2. The summed E-state index contributed by atoms with van der Waals surface area (Å²) in [5.41, 5.74) is 1.20. The summed E-state index contributed by atoms with van der Waals surface area (Å²) < 4.78 is 6.60. The van der Waals surface area contributed by atoms with Crippen LogP contribution in [0.2, 0.25) is 5.02 Å². The van der Waals surface area contributed by atoms with E-state index < -0.39 is 0 Å². The summed E-state index contributed by atoms with van der Waals surface area (Å²) in [5.74, 6) is 0.704. The molecule has 1 aromatic heterocycles. The third-order valence-corrected chi connectivity index (χ3v) is 3.10. The lowest BCUT2D eigenvalue weighted by Gasteiger charge is -2.08. The minimum absolute atomic E-state index is 0.597. The lowest BCUT2D eigenvalue weighted by Crippen LogP contribution is -2.01. The van der Waals surface area contributed by atoms with Gasteiger partial charge in [-0.3, -0.25) is 4.98 Å². The van der Waals surface area contributed by atoms with Gasteiger partial charge in [-0.25, -0.2) is 0 Å². The fraction of sp³-hybridized carbons (Fsp3) is 0.154. The highest BCUT2D eigenvalue weighted by Gasteiger charge is 2.02. The molecular formula is C13H11BrClNO. The second-order valence-electron chi connectivity index (χ2n) is 3.53. The van der Waals surface area contributed by atoms with Gasteiger partial charge in [-0.15, -0.1) is 0 Å². The molecule has 0 unspecified atom stereocenters. The molecule has 4 heteroatoms. The molecule has 0 aliphatic rings. The van der Waals surface area contributed by atoms with Crippen LogP contribution >= 0.6 is 27.5 Å². The van der Waals surface area contributed by atoms with Crippen molar-refractivity contribution >= 4 is 27.5 Å². The van der Waals surface area contributed by atoms with Crippen LogP contribution in [0, 0.1) is 0 Å². The highest BCUT2D eigenvalue weighted by Crippen LogP contribution is 2.27. The molecule has 0 saturated heterocycles. The maximum atomic E-state index is 6.02. The predicted molar refractivity (Wildman–Crippen MR) is 72.6 cm³/mol. The van der Waals surface area contributed by atoms with Crippen molar-refractivity contribution in [2.24, 2.45) is 0 Å². The number of pyridine rings is 1. The standard InChI is InChI=1S/C13H11BrClNO/c14-11-1-2-12(15)13(9-11)17-8-5-10-3-6-16-7-4-10/h1-4,6-7,9H,5,8H2. The van der Waals surface area contributed by atoms with E-state index in [0.717, 1.165) is 10.9 Å². The molecule has 0 bridgehead atoms. The fourth-order valence-corrected chi connectivity index (χ4v) is 1.93. The summed E-state index contributed by atoms with van der Waals surface area (Å²) in [4.78, 5) is 3.97. The number of halogens is 2. The van der Waals surface area contributed by atoms with Crippen LogP contribution in [-0.4, -0.2) is 11.6 Å². The van der Waals surface area contributed by atoms with Crippen LogP contribution < -0.4 is 4.74 Å². The SMILES string of the molecule is Clc1ccc(Br)cc1OCCc1ccncc1. The third kappa shape index (κ3) is 3.72. The second-order valence-corrected chi connectivity index (χ2v) is 4.85. The van der Waals surface area contributed by atoms with Gasteiger partial charge in [0.25, 0.3) is 0 Å². The zero-order valence-electron chi connectivity index (χ0n) is 9.07. The number of benzene rings is 1. The molecular weight excluding hydrogens is 302 g/mol. The first-order chi connectivity index (χ1) is 8.25. The molecule has 0 N–H and O–H groups in total. The van der Waals surface area contributed by atoms with E-state index in [1.54, 1.807) is 12.4 Å². The number of ether oxygens (including phenoxy) is 1. The molecule has 0 saturated carbocycles. The minimum Gasteiger partial charge on any atom is -0.492 e. The maximum absolute atomic E-state index is 6.02. The largest absolute Gasteiger partial charge is 0.492 e. The summed E-state index contributed by atoms with van der Waals surface area (Å²) >= 11 is 9.41. The van der Waals surface area contributed by atoms with Gasteiger partial charge in [0.15, 0.2) is 0 Å². The Kier molecular flexibility index (Phi) is 4.40. The van der Waals surface area contributed by atoms with Crippen molar-refractivity contribution in [3.05, 3.63) is 57.8 Å². The van der Waals surface area contributed by atoms with E-state index in [-0.39, 0.29) is 0 Å². The average molecular weight is 313 g/mol. The van der Waals surface area contributed by atoms with Gasteiger partial charge in [0, 0.05) is 23.3 Å². The van der Waals surface area contributed by atoms with Crippen molar-refractivity contribution in [2.75, 3.05) is 6.61 Å². The molecule has 1 aromatic carbocycles. The van der Waals surface area contributed by atoms with Crippen LogP contribution in [0.3, 0.4) is 0 Å². The summed E-state index contributed by atoms with van der Waals surface area (Å²) in [6, 6.07) is 9.53. The normalized spacial score (nSPS) is 10.2. The summed E-state index contributed by atoms with van der Waals surface area (Å²) in [6.07, 6.45) is 4.40.